The normalized spacial score (nSPS) is 22.7. The molecule has 0 amide bonds. The molecular weight excluding hydrogens is 231 g/mol. The molecule has 2 nitrogen and oxygen atoms in total. The molecule has 5 heteroatoms. The van der Waals surface area contributed by atoms with E-state index in [1.165, 1.54) is 12.1 Å². The summed E-state index contributed by atoms with van der Waals surface area (Å²) in [7, 11) is 0. The smallest absolute Gasteiger partial charge is 0.379 e. The molecule has 1 aliphatic heterocycles. The van der Waals surface area contributed by atoms with Crippen LogP contribution in [-0.4, -0.2) is 24.4 Å². The van der Waals surface area contributed by atoms with Gasteiger partial charge in [0.15, 0.2) is 6.10 Å². The molecule has 0 bridgehead atoms. The number of hydrogen-bond donors (Lipinski definition) is 2. The summed E-state index contributed by atoms with van der Waals surface area (Å²) in [6.07, 6.45) is -6.19. The summed E-state index contributed by atoms with van der Waals surface area (Å²) in [4.78, 5) is 0. The van der Waals surface area contributed by atoms with E-state index in [4.69, 9.17) is 0 Å². The van der Waals surface area contributed by atoms with Gasteiger partial charge in [0.05, 0.1) is 0 Å². The zero-order valence-electron chi connectivity index (χ0n) is 9.17. The maximum Gasteiger partial charge on any atom is 0.418 e. The molecule has 2 N–H and O–H groups in total. The monoisotopic (exact) mass is 245 g/mol. The van der Waals surface area contributed by atoms with Crippen molar-refractivity contribution in [3.05, 3.63) is 35.4 Å². The largest absolute Gasteiger partial charge is 0.418 e. The van der Waals surface area contributed by atoms with Crippen LogP contribution in [0.4, 0.5) is 13.2 Å². The van der Waals surface area contributed by atoms with Gasteiger partial charge >= 0.3 is 6.18 Å². The highest BCUT2D eigenvalue weighted by atomic mass is 19.4. The van der Waals surface area contributed by atoms with Crippen LogP contribution >= 0.6 is 0 Å². The number of hydrogen-bond acceptors (Lipinski definition) is 2. The van der Waals surface area contributed by atoms with Crippen LogP contribution in [0.2, 0.25) is 0 Å². The number of aliphatic hydroxyl groups excluding tert-OH is 1. The first-order valence-corrected chi connectivity index (χ1v) is 5.54. The molecule has 94 valence electrons. The Hall–Kier alpha value is -1.07. The zero-order valence-corrected chi connectivity index (χ0v) is 9.17. The summed E-state index contributed by atoms with van der Waals surface area (Å²) in [6.45, 7) is 1.47. The molecule has 2 atom stereocenters. The van der Waals surface area contributed by atoms with E-state index in [2.05, 4.69) is 5.32 Å². The van der Waals surface area contributed by atoms with Crippen molar-refractivity contribution < 1.29 is 18.3 Å². The maximum absolute atomic E-state index is 12.5. The second kappa shape index (κ2) is 4.66. The fourth-order valence-corrected chi connectivity index (χ4v) is 2.23. The summed E-state index contributed by atoms with van der Waals surface area (Å²) in [5, 5.41) is 12.5. The number of nitrogens with one attached hydrogen (secondary N) is 1. The molecule has 1 heterocycles. The standard InChI is InChI=1S/C12H14F3NO/c13-12(14,15)11(17)10-4-2-1-3-9(10)8-5-6-16-7-8/h1-4,8,11,16-17H,5-7H2/t8-,11+/m1/s1. The molecule has 1 saturated heterocycles. The van der Waals surface area contributed by atoms with E-state index >= 15 is 0 Å². The molecule has 1 aromatic carbocycles. The van der Waals surface area contributed by atoms with Gasteiger partial charge in [-0.1, -0.05) is 24.3 Å². The van der Waals surface area contributed by atoms with E-state index < -0.39 is 12.3 Å². The van der Waals surface area contributed by atoms with Crippen LogP contribution in [0.25, 0.3) is 0 Å². The first-order chi connectivity index (χ1) is 8.00. The number of halogens is 3. The Morgan fingerprint density at radius 3 is 2.59 bits per heavy atom. The Kier molecular flexibility index (Phi) is 3.40. The van der Waals surface area contributed by atoms with Gasteiger partial charge in [0.25, 0.3) is 0 Å². The average Bonchev–Trinajstić information content (AvgIpc) is 2.80. The van der Waals surface area contributed by atoms with Gasteiger partial charge in [-0.05, 0) is 30.0 Å². The second-order valence-electron chi connectivity index (χ2n) is 4.26. The average molecular weight is 245 g/mol. The summed E-state index contributed by atoms with van der Waals surface area (Å²) in [6, 6.07) is 6.25. The van der Waals surface area contributed by atoms with E-state index in [0.29, 0.717) is 12.1 Å². The van der Waals surface area contributed by atoms with Crippen molar-refractivity contribution in [2.45, 2.75) is 24.6 Å². The third-order valence-electron chi connectivity index (χ3n) is 3.10. The predicted octanol–water partition coefficient (Wildman–Crippen LogP) is 2.36. The molecule has 1 fully saturated rings. The minimum absolute atomic E-state index is 0.0197. The summed E-state index contributed by atoms with van der Waals surface area (Å²) >= 11 is 0. The van der Waals surface area contributed by atoms with Crippen molar-refractivity contribution in [1.82, 2.24) is 5.32 Å². The van der Waals surface area contributed by atoms with Crippen molar-refractivity contribution >= 4 is 0 Å². The summed E-state index contributed by atoms with van der Waals surface area (Å²) in [5.74, 6) is 0.0585. The molecule has 17 heavy (non-hydrogen) atoms. The Morgan fingerprint density at radius 2 is 2.00 bits per heavy atom. The number of alkyl halides is 3. The van der Waals surface area contributed by atoms with Gasteiger partial charge in [0.2, 0.25) is 0 Å². The minimum atomic E-state index is -4.61. The molecule has 0 aromatic heterocycles. The molecule has 1 aliphatic rings. The van der Waals surface area contributed by atoms with Crippen molar-refractivity contribution in [2.24, 2.45) is 0 Å². The molecule has 0 spiro atoms. The van der Waals surface area contributed by atoms with E-state index in [9.17, 15) is 18.3 Å². The quantitative estimate of drug-likeness (QED) is 0.838. The van der Waals surface area contributed by atoms with Gasteiger partial charge in [-0.15, -0.1) is 0 Å². The van der Waals surface area contributed by atoms with Crippen LogP contribution < -0.4 is 5.32 Å². The van der Waals surface area contributed by atoms with Crippen LogP contribution in [-0.2, 0) is 0 Å². The van der Waals surface area contributed by atoms with E-state index in [0.717, 1.165) is 13.0 Å². The summed E-state index contributed by atoms with van der Waals surface area (Å²) < 4.78 is 37.6. The number of benzene rings is 1. The number of aliphatic hydroxyl groups is 1. The Morgan fingerprint density at radius 1 is 1.29 bits per heavy atom. The topological polar surface area (TPSA) is 32.3 Å². The van der Waals surface area contributed by atoms with Gasteiger partial charge in [0.1, 0.15) is 0 Å². The molecule has 0 saturated carbocycles. The molecular formula is C12H14F3NO. The van der Waals surface area contributed by atoms with Crippen LogP contribution in [0.5, 0.6) is 0 Å². The highest BCUT2D eigenvalue weighted by Crippen LogP contribution is 2.37. The SMILES string of the molecule is O[C@@H](c1ccccc1[C@@H]1CCNC1)C(F)(F)F. The van der Waals surface area contributed by atoms with Crippen molar-refractivity contribution in [3.8, 4) is 0 Å². The third-order valence-corrected chi connectivity index (χ3v) is 3.10. The van der Waals surface area contributed by atoms with Gasteiger partial charge in [-0.2, -0.15) is 13.2 Å². The number of rotatable bonds is 2. The fourth-order valence-electron chi connectivity index (χ4n) is 2.23. The second-order valence-corrected chi connectivity index (χ2v) is 4.26. The van der Waals surface area contributed by atoms with Crippen LogP contribution in [0.3, 0.4) is 0 Å². The molecule has 2 rings (SSSR count). The summed E-state index contributed by atoms with van der Waals surface area (Å²) in [5.41, 5.74) is 0.580. The molecule has 0 unspecified atom stereocenters. The van der Waals surface area contributed by atoms with Crippen LogP contribution in [0.1, 0.15) is 29.6 Å². The van der Waals surface area contributed by atoms with Gasteiger partial charge in [-0.3, -0.25) is 0 Å². The molecule has 1 aromatic rings. The lowest BCUT2D eigenvalue weighted by Crippen LogP contribution is -2.22. The maximum atomic E-state index is 12.5. The minimum Gasteiger partial charge on any atom is -0.379 e. The highest BCUT2D eigenvalue weighted by Gasteiger charge is 2.41. The Bertz CT molecular complexity index is 386. The molecule has 0 aliphatic carbocycles. The molecule has 0 radical (unpaired) electrons. The predicted molar refractivity (Wildman–Crippen MR) is 57.7 cm³/mol. The third kappa shape index (κ3) is 2.61. The van der Waals surface area contributed by atoms with Gasteiger partial charge < -0.3 is 10.4 Å². The van der Waals surface area contributed by atoms with E-state index in [1.54, 1.807) is 12.1 Å². The first-order valence-electron chi connectivity index (χ1n) is 5.54. The van der Waals surface area contributed by atoms with Crippen LogP contribution in [0.15, 0.2) is 24.3 Å². The lowest BCUT2D eigenvalue weighted by Gasteiger charge is -2.20. The van der Waals surface area contributed by atoms with Crippen molar-refractivity contribution in [2.75, 3.05) is 13.1 Å². The van der Waals surface area contributed by atoms with Gasteiger partial charge in [0, 0.05) is 6.54 Å². The lowest BCUT2D eigenvalue weighted by molar-refractivity contribution is -0.207. The van der Waals surface area contributed by atoms with Gasteiger partial charge in [-0.25, -0.2) is 0 Å². The Balaban J connectivity index is 2.33. The fraction of sp³-hybridized carbons (Fsp3) is 0.500. The first kappa shape index (κ1) is 12.4. The zero-order chi connectivity index (χ0) is 12.5. The van der Waals surface area contributed by atoms with Crippen molar-refractivity contribution in [3.63, 3.8) is 0 Å². The van der Waals surface area contributed by atoms with E-state index in [1.807, 2.05) is 0 Å². The van der Waals surface area contributed by atoms with E-state index in [-0.39, 0.29) is 11.5 Å². The Labute approximate surface area is 97.5 Å². The highest BCUT2D eigenvalue weighted by molar-refractivity contribution is 5.33. The van der Waals surface area contributed by atoms with Crippen molar-refractivity contribution in [1.29, 1.82) is 0 Å². The lowest BCUT2D eigenvalue weighted by atomic mass is 9.91. The van der Waals surface area contributed by atoms with Crippen LogP contribution in [0, 0.1) is 0 Å².